The number of halogens is 2. The summed E-state index contributed by atoms with van der Waals surface area (Å²) in [5.74, 6) is -1.68. The average molecular weight is 246 g/mol. The van der Waals surface area contributed by atoms with Crippen molar-refractivity contribution in [1.82, 2.24) is 0 Å². The Morgan fingerprint density at radius 1 is 1.41 bits per heavy atom. The van der Waals surface area contributed by atoms with Gasteiger partial charge in [0.15, 0.2) is 0 Å². The van der Waals surface area contributed by atoms with Crippen LogP contribution in [-0.2, 0) is 0 Å². The van der Waals surface area contributed by atoms with Crippen LogP contribution >= 0.6 is 0 Å². The van der Waals surface area contributed by atoms with E-state index in [9.17, 15) is 13.6 Å². The second-order valence-electron chi connectivity index (χ2n) is 3.14. The van der Waals surface area contributed by atoms with E-state index in [1.807, 2.05) is 0 Å². The number of aromatic carboxylic acids is 1. The number of rotatable bonds is 5. The van der Waals surface area contributed by atoms with E-state index in [0.717, 1.165) is 18.2 Å². The maximum Gasteiger partial charge on any atom is 0.488 e. The molecule has 0 amide bonds. The van der Waals surface area contributed by atoms with Crippen LogP contribution in [0.1, 0.15) is 10.4 Å². The van der Waals surface area contributed by atoms with Crippen molar-refractivity contribution in [1.29, 1.82) is 0 Å². The van der Waals surface area contributed by atoms with Gasteiger partial charge in [0.05, 0.1) is 0 Å². The van der Waals surface area contributed by atoms with Crippen LogP contribution in [0.4, 0.5) is 8.78 Å². The van der Waals surface area contributed by atoms with Gasteiger partial charge >= 0.3 is 13.1 Å². The molecule has 0 heterocycles. The van der Waals surface area contributed by atoms with Gasteiger partial charge in [-0.15, -0.1) is 0 Å². The van der Waals surface area contributed by atoms with Crippen molar-refractivity contribution in [3.8, 4) is 5.75 Å². The fourth-order valence-electron chi connectivity index (χ4n) is 1.15. The number of carbonyl (C=O) groups is 1. The number of benzene rings is 1. The van der Waals surface area contributed by atoms with Gasteiger partial charge in [0.1, 0.15) is 17.9 Å². The second-order valence-corrected chi connectivity index (χ2v) is 3.14. The van der Waals surface area contributed by atoms with E-state index in [1.165, 1.54) is 0 Å². The Balaban J connectivity index is 3.02. The van der Waals surface area contributed by atoms with Crippen LogP contribution in [0.15, 0.2) is 18.2 Å². The van der Waals surface area contributed by atoms with Crippen molar-refractivity contribution in [3.05, 3.63) is 23.8 Å². The van der Waals surface area contributed by atoms with Gasteiger partial charge in [-0.1, -0.05) is 6.07 Å². The average Bonchev–Trinajstić information content (AvgIpc) is 2.25. The highest BCUT2D eigenvalue weighted by Crippen LogP contribution is 2.17. The lowest BCUT2D eigenvalue weighted by atomic mass is 9.80. The Labute approximate surface area is 95.4 Å². The van der Waals surface area contributed by atoms with Crippen molar-refractivity contribution < 1.29 is 33.5 Å². The summed E-state index contributed by atoms with van der Waals surface area (Å²) in [5, 5.41) is 26.5. The monoisotopic (exact) mass is 246 g/mol. The standard InChI is InChI=1S/C9H9BF2O5/c11-8(12)4-17-7-3-5(10(15)16)1-2-6(7)9(13)14/h1-3,8,15-16H,4H2,(H,13,14). The number of hydrogen-bond acceptors (Lipinski definition) is 4. The van der Waals surface area contributed by atoms with Gasteiger partial charge < -0.3 is 19.9 Å². The smallest absolute Gasteiger partial charge is 0.487 e. The number of ether oxygens (including phenoxy) is 1. The minimum Gasteiger partial charge on any atom is -0.487 e. The minimum atomic E-state index is -2.75. The molecule has 92 valence electrons. The zero-order valence-electron chi connectivity index (χ0n) is 8.51. The Hall–Kier alpha value is -1.67. The Morgan fingerprint density at radius 2 is 2.06 bits per heavy atom. The molecule has 0 aliphatic heterocycles. The highest BCUT2D eigenvalue weighted by molar-refractivity contribution is 6.58. The molecule has 0 aliphatic carbocycles. The molecular formula is C9H9BF2O5. The second kappa shape index (κ2) is 5.60. The molecule has 3 N–H and O–H groups in total. The van der Waals surface area contributed by atoms with E-state index >= 15 is 0 Å². The van der Waals surface area contributed by atoms with Crippen LogP contribution in [0.2, 0.25) is 0 Å². The summed E-state index contributed by atoms with van der Waals surface area (Å²) < 4.78 is 28.5. The molecule has 0 aliphatic rings. The third-order valence-corrected chi connectivity index (χ3v) is 1.90. The van der Waals surface area contributed by atoms with Gasteiger partial charge in [0.25, 0.3) is 6.43 Å². The van der Waals surface area contributed by atoms with Crippen molar-refractivity contribution in [2.24, 2.45) is 0 Å². The van der Waals surface area contributed by atoms with Crippen LogP contribution in [0.3, 0.4) is 0 Å². The van der Waals surface area contributed by atoms with E-state index in [2.05, 4.69) is 4.74 Å². The molecule has 0 saturated heterocycles. The van der Waals surface area contributed by atoms with Crippen molar-refractivity contribution >= 4 is 18.6 Å². The van der Waals surface area contributed by atoms with Gasteiger partial charge in [-0.05, 0) is 17.6 Å². The predicted octanol–water partition coefficient (Wildman–Crippen LogP) is -0.291. The predicted molar refractivity (Wildman–Crippen MR) is 54.7 cm³/mol. The van der Waals surface area contributed by atoms with Crippen LogP contribution in [-0.4, -0.2) is 41.3 Å². The largest absolute Gasteiger partial charge is 0.488 e. The molecule has 0 aromatic heterocycles. The first-order valence-corrected chi connectivity index (χ1v) is 4.56. The number of alkyl halides is 2. The number of carboxylic acid groups (broad SMARTS) is 1. The molecule has 0 unspecified atom stereocenters. The van der Waals surface area contributed by atoms with Crippen LogP contribution in [0.5, 0.6) is 5.75 Å². The van der Waals surface area contributed by atoms with E-state index in [1.54, 1.807) is 0 Å². The Kier molecular flexibility index (Phi) is 4.41. The van der Waals surface area contributed by atoms with Gasteiger partial charge in [-0.25, -0.2) is 13.6 Å². The first-order valence-electron chi connectivity index (χ1n) is 4.56. The van der Waals surface area contributed by atoms with E-state index in [-0.39, 0.29) is 16.8 Å². The summed E-state index contributed by atoms with van der Waals surface area (Å²) in [7, 11) is -1.83. The summed E-state index contributed by atoms with van der Waals surface area (Å²) in [6.45, 7) is -0.967. The van der Waals surface area contributed by atoms with E-state index < -0.39 is 26.1 Å². The van der Waals surface area contributed by atoms with Gasteiger partial charge in [0.2, 0.25) is 0 Å². The summed E-state index contributed by atoms with van der Waals surface area (Å²) in [4.78, 5) is 10.8. The molecule has 0 spiro atoms. The SMILES string of the molecule is O=C(O)c1ccc(B(O)O)cc1OCC(F)F. The molecule has 0 saturated carbocycles. The summed E-state index contributed by atoms with van der Waals surface area (Å²) in [6.07, 6.45) is -2.75. The first kappa shape index (κ1) is 13.4. The minimum absolute atomic E-state index is 0.0423. The molecule has 8 heteroatoms. The molecule has 0 fully saturated rings. The molecule has 0 atom stereocenters. The fraction of sp³-hybridized carbons (Fsp3) is 0.222. The topological polar surface area (TPSA) is 87.0 Å². The maximum atomic E-state index is 11.9. The van der Waals surface area contributed by atoms with Crippen molar-refractivity contribution in [3.63, 3.8) is 0 Å². The summed E-state index contributed by atoms with van der Waals surface area (Å²) in [5.41, 5.74) is -0.366. The summed E-state index contributed by atoms with van der Waals surface area (Å²) >= 11 is 0. The lowest BCUT2D eigenvalue weighted by molar-refractivity contribution is 0.0664. The number of carboxylic acids is 1. The lowest BCUT2D eigenvalue weighted by Gasteiger charge is -2.10. The molecule has 1 aromatic carbocycles. The first-order chi connectivity index (χ1) is 7.91. The zero-order valence-corrected chi connectivity index (χ0v) is 8.51. The maximum absolute atomic E-state index is 11.9. The Morgan fingerprint density at radius 3 is 2.53 bits per heavy atom. The highest BCUT2D eigenvalue weighted by Gasteiger charge is 2.18. The third kappa shape index (κ3) is 3.68. The van der Waals surface area contributed by atoms with Crippen molar-refractivity contribution in [2.45, 2.75) is 6.43 Å². The molecule has 5 nitrogen and oxygen atoms in total. The van der Waals surface area contributed by atoms with E-state index in [0.29, 0.717) is 0 Å². The molecule has 1 aromatic rings. The molecule has 0 radical (unpaired) electrons. The number of hydrogen-bond donors (Lipinski definition) is 3. The lowest BCUT2D eigenvalue weighted by Crippen LogP contribution is -2.30. The molecule has 0 bridgehead atoms. The molecular weight excluding hydrogens is 237 g/mol. The normalized spacial score (nSPS) is 10.4. The van der Waals surface area contributed by atoms with Crippen LogP contribution < -0.4 is 10.2 Å². The molecule has 1 rings (SSSR count). The summed E-state index contributed by atoms with van der Waals surface area (Å²) in [6, 6.07) is 3.21. The highest BCUT2D eigenvalue weighted by atomic mass is 19.3. The fourth-order valence-corrected chi connectivity index (χ4v) is 1.15. The van der Waals surface area contributed by atoms with Gasteiger partial charge in [-0.2, -0.15) is 0 Å². The Bertz CT molecular complexity index is 410. The third-order valence-electron chi connectivity index (χ3n) is 1.90. The van der Waals surface area contributed by atoms with Crippen LogP contribution in [0, 0.1) is 0 Å². The van der Waals surface area contributed by atoms with Crippen LogP contribution in [0.25, 0.3) is 0 Å². The van der Waals surface area contributed by atoms with Gasteiger partial charge in [0, 0.05) is 0 Å². The zero-order chi connectivity index (χ0) is 13.0. The van der Waals surface area contributed by atoms with E-state index in [4.69, 9.17) is 15.2 Å². The van der Waals surface area contributed by atoms with Crippen molar-refractivity contribution in [2.75, 3.05) is 6.61 Å². The van der Waals surface area contributed by atoms with Gasteiger partial charge in [-0.3, -0.25) is 0 Å². The quantitative estimate of drug-likeness (QED) is 0.621. The molecule has 17 heavy (non-hydrogen) atoms.